The van der Waals surface area contributed by atoms with E-state index in [-0.39, 0.29) is 0 Å². The molecule has 0 radical (unpaired) electrons. The number of anilines is 1. The van der Waals surface area contributed by atoms with Crippen LogP contribution in [0.5, 0.6) is 0 Å². The van der Waals surface area contributed by atoms with Gasteiger partial charge in [0, 0.05) is 19.0 Å². The molecular formula is C12H16ClN5. The monoisotopic (exact) mass is 265 g/mol. The van der Waals surface area contributed by atoms with Gasteiger partial charge in [-0.1, -0.05) is 11.6 Å². The Balaban J connectivity index is 2.26. The zero-order valence-electron chi connectivity index (χ0n) is 10.5. The third kappa shape index (κ3) is 2.79. The van der Waals surface area contributed by atoms with E-state index >= 15 is 0 Å². The number of nitrogens with one attached hydrogen (secondary N) is 1. The fourth-order valence-corrected chi connectivity index (χ4v) is 1.80. The van der Waals surface area contributed by atoms with Crippen LogP contribution >= 0.6 is 11.6 Å². The van der Waals surface area contributed by atoms with Gasteiger partial charge in [0.15, 0.2) is 11.5 Å². The van der Waals surface area contributed by atoms with Crippen molar-refractivity contribution in [3.05, 3.63) is 24.3 Å². The molecule has 96 valence electrons. The van der Waals surface area contributed by atoms with Crippen molar-refractivity contribution in [1.29, 1.82) is 0 Å². The molecule has 0 aliphatic carbocycles. The molecule has 0 aromatic carbocycles. The van der Waals surface area contributed by atoms with E-state index in [9.17, 15) is 0 Å². The average molecular weight is 266 g/mol. The normalized spacial score (nSPS) is 10.6. The Hall–Kier alpha value is -1.62. The molecule has 6 heteroatoms. The van der Waals surface area contributed by atoms with E-state index in [1.165, 1.54) is 5.57 Å². The molecule has 0 saturated carbocycles. The molecule has 0 aliphatic heterocycles. The fourth-order valence-electron chi connectivity index (χ4n) is 1.62. The Kier molecular flexibility index (Phi) is 4.15. The van der Waals surface area contributed by atoms with Crippen LogP contribution in [-0.2, 0) is 6.54 Å². The van der Waals surface area contributed by atoms with E-state index in [1.54, 1.807) is 12.7 Å². The van der Waals surface area contributed by atoms with E-state index < -0.39 is 0 Å². The summed E-state index contributed by atoms with van der Waals surface area (Å²) in [4.78, 5) is 12.8. The molecule has 0 spiro atoms. The zero-order chi connectivity index (χ0) is 13.0. The SMILES string of the molecule is CC(C)=CCNc1ncnc2c1ncn2CCCl. The van der Waals surface area contributed by atoms with Crippen molar-refractivity contribution in [3.8, 4) is 0 Å². The maximum absolute atomic E-state index is 5.74. The summed E-state index contributed by atoms with van der Waals surface area (Å²) in [6, 6.07) is 0. The van der Waals surface area contributed by atoms with Crippen LogP contribution in [0.1, 0.15) is 13.8 Å². The molecule has 0 amide bonds. The van der Waals surface area contributed by atoms with Gasteiger partial charge in [0.25, 0.3) is 0 Å². The highest BCUT2D eigenvalue weighted by molar-refractivity contribution is 6.17. The number of imidazole rings is 1. The largest absolute Gasteiger partial charge is 0.365 e. The fraction of sp³-hybridized carbons (Fsp3) is 0.417. The number of aromatic nitrogens is 4. The molecule has 2 aromatic heterocycles. The number of alkyl halides is 1. The Morgan fingerprint density at radius 2 is 2.22 bits per heavy atom. The van der Waals surface area contributed by atoms with Gasteiger partial charge in [0.2, 0.25) is 0 Å². The van der Waals surface area contributed by atoms with E-state index in [2.05, 4.69) is 40.2 Å². The molecule has 2 aromatic rings. The minimum atomic E-state index is 0.538. The summed E-state index contributed by atoms with van der Waals surface area (Å²) in [7, 11) is 0. The van der Waals surface area contributed by atoms with Crippen molar-refractivity contribution in [1.82, 2.24) is 19.5 Å². The lowest BCUT2D eigenvalue weighted by Crippen LogP contribution is -2.03. The van der Waals surface area contributed by atoms with Crippen molar-refractivity contribution in [2.75, 3.05) is 17.7 Å². The van der Waals surface area contributed by atoms with Gasteiger partial charge in [-0.3, -0.25) is 0 Å². The highest BCUT2D eigenvalue weighted by Crippen LogP contribution is 2.17. The Morgan fingerprint density at radius 3 is 2.94 bits per heavy atom. The summed E-state index contributed by atoms with van der Waals surface area (Å²) in [5, 5.41) is 3.24. The summed E-state index contributed by atoms with van der Waals surface area (Å²) in [6.07, 6.45) is 5.39. The van der Waals surface area contributed by atoms with Crippen LogP contribution in [0.15, 0.2) is 24.3 Å². The van der Waals surface area contributed by atoms with Gasteiger partial charge in [-0.25, -0.2) is 15.0 Å². The third-order valence-corrected chi connectivity index (χ3v) is 2.68. The van der Waals surface area contributed by atoms with Crippen molar-refractivity contribution < 1.29 is 0 Å². The van der Waals surface area contributed by atoms with Gasteiger partial charge in [-0.15, -0.1) is 11.6 Å². The first kappa shape index (κ1) is 12.8. The number of rotatable bonds is 5. The van der Waals surface area contributed by atoms with Crippen LogP contribution in [0.2, 0.25) is 0 Å². The van der Waals surface area contributed by atoms with Crippen LogP contribution in [0.3, 0.4) is 0 Å². The van der Waals surface area contributed by atoms with Gasteiger partial charge in [0.05, 0.1) is 6.33 Å². The van der Waals surface area contributed by atoms with Crippen LogP contribution in [0.4, 0.5) is 5.82 Å². The van der Waals surface area contributed by atoms with Gasteiger partial charge >= 0.3 is 0 Å². The lowest BCUT2D eigenvalue weighted by atomic mass is 10.3. The standard InChI is InChI=1S/C12H16ClN5/c1-9(2)3-5-14-11-10-12(16-7-15-11)18(6-4-13)8-17-10/h3,7-8H,4-6H2,1-2H3,(H,14,15,16). The molecule has 0 saturated heterocycles. The quantitative estimate of drug-likeness (QED) is 0.666. The molecule has 0 aliphatic rings. The second-order valence-corrected chi connectivity index (χ2v) is 4.56. The summed E-state index contributed by atoms with van der Waals surface area (Å²) < 4.78 is 1.93. The molecule has 0 fully saturated rings. The number of hydrogen-bond donors (Lipinski definition) is 1. The predicted molar refractivity (Wildman–Crippen MR) is 74.0 cm³/mol. The lowest BCUT2D eigenvalue weighted by Gasteiger charge is -2.04. The smallest absolute Gasteiger partial charge is 0.165 e. The third-order valence-electron chi connectivity index (χ3n) is 2.51. The topological polar surface area (TPSA) is 55.6 Å². The predicted octanol–water partition coefficient (Wildman–Crippen LogP) is 2.44. The summed E-state index contributed by atoms with van der Waals surface area (Å²) >= 11 is 5.74. The van der Waals surface area contributed by atoms with Crippen LogP contribution in [-0.4, -0.2) is 31.9 Å². The van der Waals surface area contributed by atoms with Crippen molar-refractivity contribution >= 4 is 28.6 Å². The summed E-state index contributed by atoms with van der Waals surface area (Å²) in [6.45, 7) is 5.55. The first-order valence-electron chi connectivity index (χ1n) is 5.81. The molecule has 0 bridgehead atoms. The molecule has 0 atom stereocenters. The molecule has 1 N–H and O–H groups in total. The van der Waals surface area contributed by atoms with Gasteiger partial charge in [-0.05, 0) is 13.8 Å². The van der Waals surface area contributed by atoms with Crippen molar-refractivity contribution in [3.63, 3.8) is 0 Å². The molecular weight excluding hydrogens is 250 g/mol. The number of fused-ring (bicyclic) bond motifs is 1. The highest BCUT2D eigenvalue weighted by Gasteiger charge is 2.08. The molecule has 2 rings (SSSR count). The van der Waals surface area contributed by atoms with Crippen molar-refractivity contribution in [2.24, 2.45) is 0 Å². The second-order valence-electron chi connectivity index (χ2n) is 4.18. The Labute approximate surface area is 111 Å². The maximum Gasteiger partial charge on any atom is 0.165 e. The van der Waals surface area contributed by atoms with Crippen molar-refractivity contribution in [2.45, 2.75) is 20.4 Å². The minimum Gasteiger partial charge on any atom is -0.365 e. The number of allylic oxidation sites excluding steroid dienone is 1. The first-order valence-corrected chi connectivity index (χ1v) is 6.35. The van der Waals surface area contributed by atoms with Crippen LogP contribution < -0.4 is 5.32 Å². The van der Waals surface area contributed by atoms with E-state index in [0.29, 0.717) is 12.4 Å². The van der Waals surface area contributed by atoms with E-state index in [4.69, 9.17) is 11.6 Å². The highest BCUT2D eigenvalue weighted by atomic mass is 35.5. The second kappa shape index (κ2) is 5.82. The van der Waals surface area contributed by atoms with E-state index in [1.807, 2.05) is 4.57 Å². The molecule has 0 unspecified atom stereocenters. The van der Waals surface area contributed by atoms with Gasteiger partial charge in [0.1, 0.15) is 11.8 Å². The number of aryl methyl sites for hydroxylation is 1. The van der Waals surface area contributed by atoms with E-state index in [0.717, 1.165) is 23.5 Å². The number of nitrogens with zero attached hydrogens (tertiary/aromatic N) is 4. The van der Waals surface area contributed by atoms with Crippen LogP contribution in [0, 0.1) is 0 Å². The average Bonchev–Trinajstić information content (AvgIpc) is 2.74. The maximum atomic E-state index is 5.74. The van der Waals surface area contributed by atoms with Crippen LogP contribution in [0.25, 0.3) is 11.2 Å². The Bertz CT molecular complexity index is 557. The zero-order valence-corrected chi connectivity index (χ0v) is 11.3. The number of hydrogen-bond acceptors (Lipinski definition) is 4. The molecule has 18 heavy (non-hydrogen) atoms. The lowest BCUT2D eigenvalue weighted by molar-refractivity contribution is 0.783. The Morgan fingerprint density at radius 1 is 1.39 bits per heavy atom. The number of halogens is 1. The molecule has 2 heterocycles. The summed E-state index contributed by atoms with van der Waals surface area (Å²) in [5.74, 6) is 1.29. The molecule has 5 nitrogen and oxygen atoms in total. The first-order chi connectivity index (χ1) is 8.72. The minimum absolute atomic E-state index is 0.538. The summed E-state index contributed by atoms with van der Waals surface area (Å²) in [5.41, 5.74) is 2.86. The van der Waals surface area contributed by atoms with Gasteiger partial charge < -0.3 is 9.88 Å². The van der Waals surface area contributed by atoms with Gasteiger partial charge in [-0.2, -0.15) is 0 Å².